The van der Waals surface area contributed by atoms with Crippen LogP contribution in [-0.4, -0.2) is 43.1 Å². The van der Waals surface area contributed by atoms with Crippen molar-refractivity contribution in [2.24, 2.45) is 0 Å². The number of nitrogens with two attached hydrogens (primary N) is 1. The van der Waals surface area contributed by atoms with E-state index in [9.17, 15) is 9.18 Å². The largest absolute Gasteiger partial charge is 0.368 e. The van der Waals surface area contributed by atoms with Crippen LogP contribution in [0, 0.1) is 5.82 Å². The number of hydrogen-bond donors (Lipinski definition) is 2. The zero-order chi connectivity index (χ0) is 18.8. The topological polar surface area (TPSA) is 102 Å². The molecule has 3 aromatic rings. The second-order valence-electron chi connectivity index (χ2n) is 6.29. The van der Waals surface area contributed by atoms with Crippen molar-refractivity contribution in [1.29, 1.82) is 0 Å². The molecule has 0 spiro atoms. The minimum absolute atomic E-state index is 0.0304. The Morgan fingerprint density at radius 2 is 2.07 bits per heavy atom. The van der Waals surface area contributed by atoms with Crippen LogP contribution in [0.5, 0.6) is 0 Å². The monoisotopic (exact) mass is 367 g/mol. The Morgan fingerprint density at radius 3 is 2.81 bits per heavy atom. The first-order valence-electron chi connectivity index (χ1n) is 8.53. The van der Waals surface area contributed by atoms with Crippen LogP contribution < -0.4 is 11.1 Å². The summed E-state index contributed by atoms with van der Waals surface area (Å²) in [5.74, 6) is 0.759. The quantitative estimate of drug-likeness (QED) is 0.710. The molecule has 1 aromatic carbocycles. The SMILES string of the molecule is Nc1nc(NC2CCN(Cc3ccc(F)cc3)C2=O)cc(-n2cccn2)n1. The van der Waals surface area contributed by atoms with Crippen molar-refractivity contribution in [3.8, 4) is 5.82 Å². The number of nitrogens with one attached hydrogen (secondary N) is 1. The van der Waals surface area contributed by atoms with Gasteiger partial charge >= 0.3 is 0 Å². The van der Waals surface area contributed by atoms with Crippen molar-refractivity contribution in [3.05, 3.63) is 60.2 Å². The maximum Gasteiger partial charge on any atom is 0.245 e. The molecule has 1 aliphatic rings. The molecule has 27 heavy (non-hydrogen) atoms. The average Bonchev–Trinajstić information content (AvgIpc) is 3.29. The number of benzene rings is 1. The van der Waals surface area contributed by atoms with E-state index >= 15 is 0 Å². The summed E-state index contributed by atoms with van der Waals surface area (Å²) >= 11 is 0. The van der Waals surface area contributed by atoms with E-state index in [2.05, 4.69) is 20.4 Å². The van der Waals surface area contributed by atoms with Crippen LogP contribution in [0.3, 0.4) is 0 Å². The van der Waals surface area contributed by atoms with Crippen molar-refractivity contribution in [3.63, 3.8) is 0 Å². The number of hydrogen-bond acceptors (Lipinski definition) is 6. The number of anilines is 2. The standard InChI is InChI=1S/C18H18FN7O/c19-13-4-2-12(3-5-13)11-25-9-6-14(17(25)27)22-15-10-16(24-18(20)23-15)26-8-1-7-21-26/h1-5,7-8,10,14H,6,9,11H2,(H3,20,22,23,24). The number of aromatic nitrogens is 4. The van der Waals surface area contributed by atoms with E-state index in [1.807, 2.05) is 0 Å². The van der Waals surface area contributed by atoms with E-state index in [-0.39, 0.29) is 17.7 Å². The lowest BCUT2D eigenvalue weighted by Gasteiger charge is -2.17. The maximum absolute atomic E-state index is 13.0. The first kappa shape index (κ1) is 17.0. The fraction of sp³-hybridized carbons (Fsp3) is 0.222. The fourth-order valence-electron chi connectivity index (χ4n) is 3.07. The van der Waals surface area contributed by atoms with Crippen LogP contribution in [0.25, 0.3) is 5.82 Å². The number of carbonyl (C=O) groups excluding carboxylic acids is 1. The summed E-state index contributed by atoms with van der Waals surface area (Å²) in [7, 11) is 0. The normalized spacial score (nSPS) is 16.7. The van der Waals surface area contributed by atoms with Crippen molar-refractivity contribution in [2.45, 2.75) is 19.0 Å². The molecule has 1 atom stereocenters. The fourth-order valence-corrected chi connectivity index (χ4v) is 3.07. The van der Waals surface area contributed by atoms with Gasteiger partial charge in [0.05, 0.1) is 0 Å². The highest BCUT2D eigenvalue weighted by molar-refractivity contribution is 5.86. The molecular weight excluding hydrogens is 349 g/mol. The lowest BCUT2D eigenvalue weighted by molar-refractivity contribution is -0.128. The van der Waals surface area contributed by atoms with Gasteiger partial charge in [-0.05, 0) is 30.2 Å². The molecular formula is C18H18FN7O. The second kappa shape index (κ2) is 7.02. The van der Waals surface area contributed by atoms with Gasteiger partial charge in [-0.3, -0.25) is 4.79 Å². The third-order valence-electron chi connectivity index (χ3n) is 4.38. The van der Waals surface area contributed by atoms with Gasteiger partial charge < -0.3 is 16.0 Å². The predicted octanol–water partition coefficient (Wildman–Crippen LogP) is 1.60. The number of likely N-dealkylation sites (tertiary alicyclic amines) is 1. The summed E-state index contributed by atoms with van der Waals surface area (Å²) in [6, 6.07) is 9.23. The molecule has 0 saturated carbocycles. The summed E-state index contributed by atoms with van der Waals surface area (Å²) < 4.78 is 14.6. The third kappa shape index (κ3) is 3.71. The van der Waals surface area contributed by atoms with Gasteiger partial charge in [0.1, 0.15) is 17.7 Å². The number of nitrogen functional groups attached to an aromatic ring is 1. The highest BCUT2D eigenvalue weighted by Crippen LogP contribution is 2.20. The molecule has 9 heteroatoms. The van der Waals surface area contributed by atoms with E-state index < -0.39 is 6.04 Å². The first-order chi connectivity index (χ1) is 13.1. The van der Waals surface area contributed by atoms with E-state index in [1.165, 1.54) is 12.1 Å². The summed E-state index contributed by atoms with van der Waals surface area (Å²) in [5.41, 5.74) is 6.67. The van der Waals surface area contributed by atoms with E-state index in [0.717, 1.165) is 5.56 Å². The average molecular weight is 367 g/mol. The van der Waals surface area contributed by atoms with Crippen LogP contribution in [-0.2, 0) is 11.3 Å². The van der Waals surface area contributed by atoms with Gasteiger partial charge in [-0.2, -0.15) is 15.1 Å². The molecule has 2 aromatic heterocycles. The minimum Gasteiger partial charge on any atom is -0.368 e. The van der Waals surface area contributed by atoms with Crippen molar-refractivity contribution in [2.75, 3.05) is 17.6 Å². The highest BCUT2D eigenvalue weighted by Gasteiger charge is 2.31. The Morgan fingerprint density at radius 1 is 1.26 bits per heavy atom. The number of amides is 1. The van der Waals surface area contributed by atoms with Crippen LogP contribution in [0.2, 0.25) is 0 Å². The van der Waals surface area contributed by atoms with E-state index in [4.69, 9.17) is 5.73 Å². The smallest absolute Gasteiger partial charge is 0.245 e. The molecule has 1 amide bonds. The lowest BCUT2D eigenvalue weighted by Crippen LogP contribution is -2.33. The first-order valence-corrected chi connectivity index (χ1v) is 8.53. The molecule has 1 unspecified atom stereocenters. The Labute approximate surface area is 154 Å². The molecule has 8 nitrogen and oxygen atoms in total. The van der Waals surface area contributed by atoms with Crippen LogP contribution >= 0.6 is 0 Å². The predicted molar refractivity (Wildman–Crippen MR) is 97.4 cm³/mol. The zero-order valence-corrected chi connectivity index (χ0v) is 14.4. The molecule has 0 bridgehead atoms. The van der Waals surface area contributed by atoms with E-state index in [1.54, 1.807) is 46.2 Å². The van der Waals surface area contributed by atoms with Gasteiger partial charge in [0.15, 0.2) is 5.82 Å². The van der Waals surface area contributed by atoms with Crippen LogP contribution in [0.1, 0.15) is 12.0 Å². The van der Waals surface area contributed by atoms with Crippen LogP contribution in [0.4, 0.5) is 16.2 Å². The van der Waals surface area contributed by atoms with Crippen molar-refractivity contribution < 1.29 is 9.18 Å². The summed E-state index contributed by atoms with van der Waals surface area (Å²) in [6.07, 6.45) is 4.02. The van der Waals surface area contributed by atoms with Gasteiger partial charge in [0.25, 0.3) is 0 Å². The van der Waals surface area contributed by atoms with Gasteiger partial charge in [-0.1, -0.05) is 12.1 Å². The number of rotatable bonds is 5. The molecule has 4 rings (SSSR count). The molecule has 3 heterocycles. The number of halogens is 1. The molecule has 1 aliphatic heterocycles. The molecule has 1 saturated heterocycles. The van der Waals surface area contributed by atoms with Gasteiger partial charge in [-0.15, -0.1) is 0 Å². The highest BCUT2D eigenvalue weighted by atomic mass is 19.1. The summed E-state index contributed by atoms with van der Waals surface area (Å²) in [4.78, 5) is 22.7. The lowest BCUT2D eigenvalue weighted by atomic mass is 10.2. The Bertz CT molecular complexity index is 943. The molecule has 138 valence electrons. The minimum atomic E-state index is -0.398. The molecule has 0 aliphatic carbocycles. The number of carbonyl (C=O) groups is 1. The van der Waals surface area contributed by atoms with Gasteiger partial charge in [0.2, 0.25) is 11.9 Å². The van der Waals surface area contributed by atoms with Crippen molar-refractivity contribution in [1.82, 2.24) is 24.6 Å². The van der Waals surface area contributed by atoms with Crippen molar-refractivity contribution >= 4 is 17.7 Å². The third-order valence-corrected chi connectivity index (χ3v) is 4.38. The Balaban J connectivity index is 1.46. The Kier molecular flexibility index (Phi) is 4.41. The summed E-state index contributed by atoms with van der Waals surface area (Å²) in [6.45, 7) is 1.06. The maximum atomic E-state index is 13.0. The van der Waals surface area contributed by atoms with Gasteiger partial charge in [-0.25, -0.2) is 9.07 Å². The van der Waals surface area contributed by atoms with Gasteiger partial charge in [0, 0.05) is 31.5 Å². The molecule has 1 fully saturated rings. The second-order valence-corrected chi connectivity index (χ2v) is 6.29. The number of nitrogens with zero attached hydrogens (tertiary/aromatic N) is 5. The van der Waals surface area contributed by atoms with E-state index in [0.29, 0.717) is 31.1 Å². The molecule has 0 radical (unpaired) electrons. The van der Waals surface area contributed by atoms with Crippen LogP contribution in [0.15, 0.2) is 48.8 Å². The summed E-state index contributed by atoms with van der Waals surface area (Å²) in [5, 5.41) is 7.26. The Hall–Kier alpha value is -3.49. The molecule has 3 N–H and O–H groups in total. The zero-order valence-electron chi connectivity index (χ0n) is 14.4.